The van der Waals surface area contributed by atoms with Crippen LogP contribution in [0.5, 0.6) is 0 Å². The monoisotopic (exact) mass is 463 g/mol. The fourth-order valence-corrected chi connectivity index (χ4v) is 4.34. The lowest BCUT2D eigenvalue weighted by Gasteiger charge is -2.28. The molecule has 0 amide bonds. The molecule has 4 aromatic rings. The molecule has 174 valence electrons. The van der Waals surface area contributed by atoms with Crippen LogP contribution >= 0.6 is 0 Å². The van der Waals surface area contributed by atoms with Gasteiger partial charge in [-0.15, -0.1) is 0 Å². The van der Waals surface area contributed by atoms with E-state index in [0.29, 0.717) is 11.1 Å². The van der Waals surface area contributed by atoms with Crippen molar-refractivity contribution in [2.24, 2.45) is 0 Å². The number of hydrogen-bond donors (Lipinski definition) is 2. The van der Waals surface area contributed by atoms with Gasteiger partial charge in [0.25, 0.3) is 0 Å². The van der Waals surface area contributed by atoms with Crippen LogP contribution in [-0.2, 0) is 21.4 Å². The molecule has 33 heavy (non-hydrogen) atoms. The first-order valence-electron chi connectivity index (χ1n) is 10.0. The second-order valence-electron chi connectivity index (χ2n) is 8.56. The van der Waals surface area contributed by atoms with Crippen LogP contribution in [0.1, 0.15) is 25.1 Å². The molecule has 0 spiro atoms. The number of nitrogens with zero attached hydrogens (tertiary/aromatic N) is 2. The number of hydrogen-bond acceptors (Lipinski definition) is 3. The van der Waals surface area contributed by atoms with Crippen LogP contribution in [0.3, 0.4) is 0 Å². The van der Waals surface area contributed by atoms with E-state index in [2.05, 4.69) is 10.2 Å². The van der Waals surface area contributed by atoms with Gasteiger partial charge >= 0.3 is 11.9 Å². The Morgan fingerprint density at radius 3 is 2.48 bits per heavy atom. The van der Waals surface area contributed by atoms with E-state index in [1.54, 1.807) is 24.5 Å². The molecule has 0 radical (unpaired) electrons. The molecular formula is C23H21F4N3O3. The molecule has 2 N–H and O–H groups in total. The standard InChI is InChI=1S/C23H21F4N3O3/c1-22(2,11-33-3)20-15(9-23(26,27)21(31)32)17-16(8-12-10-28-29-19(12)18(17)25)30(20)14-6-4-13(24)5-7-14/h4-8,10H,9,11H2,1-3H3,(H,28,29)(H,31,32). The second kappa shape index (κ2) is 7.87. The molecule has 2 aromatic carbocycles. The lowest BCUT2D eigenvalue weighted by molar-refractivity contribution is -0.164. The molecular weight excluding hydrogens is 442 g/mol. The zero-order chi connectivity index (χ0) is 24.1. The van der Waals surface area contributed by atoms with Crippen molar-refractivity contribution >= 4 is 27.8 Å². The van der Waals surface area contributed by atoms with Crippen molar-refractivity contribution in [3.05, 3.63) is 59.4 Å². The first kappa shape index (κ1) is 22.8. The molecule has 0 saturated heterocycles. The van der Waals surface area contributed by atoms with Gasteiger partial charge in [0, 0.05) is 34.7 Å². The highest BCUT2D eigenvalue weighted by atomic mass is 19.3. The normalized spacial score (nSPS) is 12.7. The van der Waals surface area contributed by atoms with Crippen LogP contribution in [0.25, 0.3) is 27.5 Å². The van der Waals surface area contributed by atoms with Crippen molar-refractivity contribution in [2.75, 3.05) is 13.7 Å². The summed E-state index contributed by atoms with van der Waals surface area (Å²) in [7, 11) is 1.44. The number of H-pyrrole nitrogens is 1. The predicted octanol–water partition coefficient (Wildman–Crippen LogP) is 4.97. The molecule has 2 aromatic heterocycles. The number of alkyl halides is 2. The Balaban J connectivity index is 2.20. The zero-order valence-corrected chi connectivity index (χ0v) is 18.0. The fourth-order valence-electron chi connectivity index (χ4n) is 4.34. The Labute approximate surface area is 185 Å². The van der Waals surface area contributed by atoms with Gasteiger partial charge < -0.3 is 14.4 Å². The van der Waals surface area contributed by atoms with Gasteiger partial charge in [0.05, 0.1) is 24.7 Å². The van der Waals surface area contributed by atoms with Crippen LogP contribution in [0.15, 0.2) is 36.5 Å². The van der Waals surface area contributed by atoms with E-state index in [4.69, 9.17) is 9.84 Å². The number of aromatic amines is 1. The molecule has 4 rings (SSSR count). The number of benzene rings is 2. The highest BCUT2D eigenvalue weighted by Crippen LogP contribution is 2.42. The average molecular weight is 463 g/mol. The molecule has 0 fully saturated rings. The van der Waals surface area contributed by atoms with Crippen molar-refractivity contribution in [2.45, 2.75) is 31.6 Å². The van der Waals surface area contributed by atoms with Gasteiger partial charge in [0.2, 0.25) is 0 Å². The first-order chi connectivity index (χ1) is 15.5. The van der Waals surface area contributed by atoms with Gasteiger partial charge in [-0.1, -0.05) is 13.8 Å². The second-order valence-corrected chi connectivity index (χ2v) is 8.56. The number of methoxy groups -OCH3 is 1. The van der Waals surface area contributed by atoms with Crippen LogP contribution in [0, 0.1) is 11.6 Å². The lowest BCUT2D eigenvalue weighted by atomic mass is 9.85. The topological polar surface area (TPSA) is 80.1 Å². The molecule has 6 nitrogen and oxygen atoms in total. The maximum atomic E-state index is 15.7. The summed E-state index contributed by atoms with van der Waals surface area (Å²) in [6.45, 7) is 3.51. The summed E-state index contributed by atoms with van der Waals surface area (Å²) in [6, 6.07) is 6.87. The van der Waals surface area contributed by atoms with Crippen molar-refractivity contribution in [1.82, 2.24) is 14.8 Å². The maximum Gasteiger partial charge on any atom is 0.374 e. The summed E-state index contributed by atoms with van der Waals surface area (Å²) in [5, 5.41) is 15.7. The van der Waals surface area contributed by atoms with Crippen molar-refractivity contribution in [1.29, 1.82) is 0 Å². The van der Waals surface area contributed by atoms with Crippen LogP contribution in [0.2, 0.25) is 0 Å². The third-order valence-electron chi connectivity index (χ3n) is 5.65. The highest BCUT2D eigenvalue weighted by molar-refractivity contribution is 6.00. The van der Waals surface area contributed by atoms with Crippen molar-refractivity contribution in [3.63, 3.8) is 0 Å². The fraction of sp³-hybridized carbons (Fsp3) is 0.304. The number of halogens is 4. The van der Waals surface area contributed by atoms with E-state index in [9.17, 15) is 18.0 Å². The molecule has 0 bridgehead atoms. The number of nitrogens with one attached hydrogen (secondary N) is 1. The Morgan fingerprint density at radius 1 is 1.21 bits per heavy atom. The van der Waals surface area contributed by atoms with Gasteiger partial charge in [-0.3, -0.25) is 5.10 Å². The van der Waals surface area contributed by atoms with Gasteiger partial charge in [-0.2, -0.15) is 13.9 Å². The summed E-state index contributed by atoms with van der Waals surface area (Å²) in [4.78, 5) is 11.3. The first-order valence-corrected chi connectivity index (χ1v) is 10.0. The van der Waals surface area contributed by atoms with E-state index in [0.717, 1.165) is 0 Å². The lowest BCUT2D eigenvalue weighted by Crippen LogP contribution is -2.34. The minimum Gasteiger partial charge on any atom is -0.477 e. The third-order valence-corrected chi connectivity index (χ3v) is 5.65. The number of aromatic nitrogens is 3. The van der Waals surface area contributed by atoms with E-state index < -0.39 is 35.4 Å². The highest BCUT2D eigenvalue weighted by Gasteiger charge is 2.43. The summed E-state index contributed by atoms with van der Waals surface area (Å²) in [6.07, 6.45) is 0.150. The largest absolute Gasteiger partial charge is 0.477 e. The van der Waals surface area contributed by atoms with Crippen molar-refractivity contribution in [3.8, 4) is 5.69 Å². The van der Waals surface area contributed by atoms with E-state index >= 15 is 4.39 Å². The number of fused-ring (bicyclic) bond motifs is 2. The van der Waals surface area contributed by atoms with E-state index in [-0.39, 0.29) is 34.3 Å². The number of carboxylic acids is 1. The predicted molar refractivity (Wildman–Crippen MR) is 114 cm³/mol. The Hall–Kier alpha value is -3.40. The molecule has 0 aliphatic heterocycles. The van der Waals surface area contributed by atoms with Gasteiger partial charge in [-0.25, -0.2) is 13.6 Å². The van der Waals surface area contributed by atoms with E-state index in [1.807, 2.05) is 0 Å². The van der Waals surface area contributed by atoms with Gasteiger partial charge in [0.15, 0.2) is 5.82 Å². The van der Waals surface area contributed by atoms with Crippen LogP contribution < -0.4 is 0 Å². The van der Waals surface area contributed by atoms with Gasteiger partial charge in [-0.05, 0) is 35.9 Å². The number of aliphatic carboxylic acids is 1. The Bertz CT molecular complexity index is 1360. The van der Waals surface area contributed by atoms with Crippen LogP contribution in [0.4, 0.5) is 17.6 Å². The Morgan fingerprint density at radius 2 is 1.88 bits per heavy atom. The number of carboxylic acid groups (broad SMARTS) is 1. The number of carbonyl (C=O) groups is 1. The molecule has 0 unspecified atom stereocenters. The summed E-state index contributed by atoms with van der Waals surface area (Å²) in [5.41, 5.74) is -0.250. The maximum absolute atomic E-state index is 15.7. The molecule has 0 saturated carbocycles. The molecule has 0 atom stereocenters. The molecule has 10 heteroatoms. The quantitative estimate of drug-likeness (QED) is 0.379. The minimum absolute atomic E-state index is 0.00902. The number of ether oxygens (including phenoxy) is 1. The number of rotatable bonds is 7. The smallest absolute Gasteiger partial charge is 0.374 e. The summed E-state index contributed by atoms with van der Waals surface area (Å²) in [5.74, 6) is -7.81. The molecule has 2 heterocycles. The minimum atomic E-state index is -4.16. The summed E-state index contributed by atoms with van der Waals surface area (Å²) < 4.78 is 65.3. The average Bonchev–Trinajstić information content (AvgIpc) is 3.32. The molecule has 0 aliphatic rings. The Kier molecular flexibility index (Phi) is 5.44. The third kappa shape index (κ3) is 3.74. The van der Waals surface area contributed by atoms with Crippen molar-refractivity contribution < 1.29 is 32.2 Å². The van der Waals surface area contributed by atoms with Gasteiger partial charge in [0.1, 0.15) is 11.3 Å². The summed E-state index contributed by atoms with van der Waals surface area (Å²) >= 11 is 0. The SMILES string of the molecule is COCC(C)(C)c1c(CC(F)(F)C(=O)O)c2c(F)c3[nH]ncc3cc2n1-c1ccc(F)cc1. The zero-order valence-electron chi connectivity index (χ0n) is 18.0. The van der Waals surface area contributed by atoms with E-state index in [1.165, 1.54) is 37.6 Å². The molecule has 0 aliphatic carbocycles. The van der Waals surface area contributed by atoms with Crippen LogP contribution in [-0.4, -0.2) is 45.5 Å².